The standard InChI is InChI=1S/C12H10BrF4NO2/c13-6-1-2-9(14)7(3-6)11-5-19-10(12(15,16)17)8(11)4-20-18-11/h1-3,8,10,18H,4-5H2/t8-,10+,11-/m0/s1. The van der Waals surface area contributed by atoms with Crippen LogP contribution in [0.4, 0.5) is 17.6 Å². The first kappa shape index (κ1) is 14.2. The van der Waals surface area contributed by atoms with E-state index >= 15 is 0 Å². The number of hydroxylamine groups is 1. The largest absolute Gasteiger partial charge is 0.415 e. The van der Waals surface area contributed by atoms with E-state index in [-0.39, 0.29) is 18.8 Å². The highest BCUT2D eigenvalue weighted by Gasteiger charge is 2.63. The molecule has 110 valence electrons. The summed E-state index contributed by atoms with van der Waals surface area (Å²) in [5, 5.41) is 0. The Morgan fingerprint density at radius 2 is 2.10 bits per heavy atom. The van der Waals surface area contributed by atoms with Crippen LogP contribution in [0, 0.1) is 11.7 Å². The van der Waals surface area contributed by atoms with Crippen LogP contribution in [0.3, 0.4) is 0 Å². The van der Waals surface area contributed by atoms with E-state index in [1.54, 1.807) is 0 Å². The van der Waals surface area contributed by atoms with Crippen molar-refractivity contribution in [3.05, 3.63) is 34.1 Å². The average Bonchev–Trinajstić information content (AvgIpc) is 2.89. The lowest BCUT2D eigenvalue weighted by atomic mass is 9.79. The molecule has 0 amide bonds. The summed E-state index contributed by atoms with van der Waals surface area (Å²) in [5.74, 6) is -1.62. The van der Waals surface area contributed by atoms with Gasteiger partial charge >= 0.3 is 6.18 Å². The molecular formula is C12H10BrF4NO2. The fraction of sp³-hybridized carbons (Fsp3) is 0.500. The van der Waals surface area contributed by atoms with E-state index < -0.39 is 29.6 Å². The zero-order valence-corrected chi connectivity index (χ0v) is 11.6. The minimum absolute atomic E-state index is 0.112. The molecule has 0 aliphatic carbocycles. The molecule has 0 radical (unpaired) electrons. The Bertz CT molecular complexity index is 539. The van der Waals surface area contributed by atoms with E-state index in [1.807, 2.05) is 0 Å². The molecule has 3 atom stereocenters. The lowest BCUT2D eigenvalue weighted by Crippen LogP contribution is -2.45. The van der Waals surface area contributed by atoms with Crippen LogP contribution in [0.2, 0.25) is 0 Å². The Morgan fingerprint density at radius 3 is 2.80 bits per heavy atom. The van der Waals surface area contributed by atoms with Gasteiger partial charge in [0.05, 0.1) is 13.2 Å². The first-order valence-electron chi connectivity index (χ1n) is 5.87. The molecule has 2 aliphatic rings. The summed E-state index contributed by atoms with van der Waals surface area (Å²) >= 11 is 3.19. The molecule has 20 heavy (non-hydrogen) atoms. The van der Waals surface area contributed by atoms with Gasteiger partial charge in [0.25, 0.3) is 0 Å². The van der Waals surface area contributed by atoms with Gasteiger partial charge in [0.2, 0.25) is 0 Å². The van der Waals surface area contributed by atoms with Crippen LogP contribution >= 0.6 is 15.9 Å². The van der Waals surface area contributed by atoms with E-state index in [2.05, 4.69) is 21.4 Å². The number of ether oxygens (including phenoxy) is 1. The molecule has 2 fully saturated rings. The monoisotopic (exact) mass is 355 g/mol. The van der Waals surface area contributed by atoms with Crippen molar-refractivity contribution in [1.29, 1.82) is 0 Å². The van der Waals surface area contributed by atoms with Crippen molar-refractivity contribution in [3.8, 4) is 0 Å². The molecule has 1 N–H and O–H groups in total. The molecule has 0 bridgehead atoms. The van der Waals surface area contributed by atoms with Crippen molar-refractivity contribution in [2.24, 2.45) is 5.92 Å². The van der Waals surface area contributed by atoms with E-state index in [0.717, 1.165) is 0 Å². The highest BCUT2D eigenvalue weighted by Crippen LogP contribution is 2.48. The van der Waals surface area contributed by atoms with Gasteiger partial charge in [-0.1, -0.05) is 15.9 Å². The Labute approximate surface area is 120 Å². The maximum atomic E-state index is 14.0. The molecule has 0 spiro atoms. The quantitative estimate of drug-likeness (QED) is 0.785. The summed E-state index contributed by atoms with van der Waals surface area (Å²) in [6.07, 6.45) is -6.47. The van der Waals surface area contributed by atoms with Gasteiger partial charge in [0, 0.05) is 16.0 Å². The zero-order chi connectivity index (χ0) is 14.5. The van der Waals surface area contributed by atoms with Crippen LogP contribution in [0.15, 0.2) is 22.7 Å². The van der Waals surface area contributed by atoms with Gasteiger partial charge in [-0.25, -0.2) is 4.39 Å². The van der Waals surface area contributed by atoms with Crippen LogP contribution in [-0.2, 0) is 15.1 Å². The van der Waals surface area contributed by atoms with Crippen molar-refractivity contribution in [2.75, 3.05) is 13.2 Å². The molecule has 1 aromatic rings. The second-order valence-electron chi connectivity index (χ2n) is 4.89. The maximum absolute atomic E-state index is 14.0. The Hall–Kier alpha value is -0.700. The third-order valence-electron chi connectivity index (χ3n) is 3.74. The van der Waals surface area contributed by atoms with Gasteiger partial charge in [-0.2, -0.15) is 18.7 Å². The van der Waals surface area contributed by atoms with Crippen LogP contribution in [0.1, 0.15) is 5.56 Å². The van der Waals surface area contributed by atoms with Crippen molar-refractivity contribution < 1.29 is 27.1 Å². The van der Waals surface area contributed by atoms with Crippen molar-refractivity contribution >= 4 is 15.9 Å². The van der Waals surface area contributed by atoms with Crippen molar-refractivity contribution in [2.45, 2.75) is 17.8 Å². The van der Waals surface area contributed by atoms with Gasteiger partial charge in [-0.05, 0) is 18.2 Å². The summed E-state index contributed by atoms with van der Waals surface area (Å²) in [5.41, 5.74) is 1.33. The highest BCUT2D eigenvalue weighted by molar-refractivity contribution is 9.10. The topological polar surface area (TPSA) is 30.5 Å². The van der Waals surface area contributed by atoms with Gasteiger partial charge in [0.15, 0.2) is 6.10 Å². The van der Waals surface area contributed by atoms with Gasteiger partial charge < -0.3 is 9.57 Å². The number of rotatable bonds is 1. The highest BCUT2D eigenvalue weighted by atomic mass is 79.9. The number of nitrogens with one attached hydrogen (secondary N) is 1. The van der Waals surface area contributed by atoms with Crippen molar-refractivity contribution in [3.63, 3.8) is 0 Å². The number of hydrogen-bond acceptors (Lipinski definition) is 3. The summed E-state index contributed by atoms with van der Waals surface area (Å²) in [6, 6.07) is 4.13. The lowest BCUT2D eigenvalue weighted by Gasteiger charge is -2.28. The van der Waals surface area contributed by atoms with Gasteiger partial charge in [-0.15, -0.1) is 0 Å². The first-order valence-corrected chi connectivity index (χ1v) is 6.67. The van der Waals surface area contributed by atoms with Crippen LogP contribution in [0.25, 0.3) is 0 Å². The summed E-state index contributed by atoms with van der Waals surface area (Å²) in [7, 11) is 0. The Kier molecular flexibility index (Phi) is 3.32. The molecule has 1 aromatic carbocycles. The van der Waals surface area contributed by atoms with Crippen LogP contribution < -0.4 is 5.48 Å². The summed E-state index contributed by atoms with van der Waals surface area (Å²) in [4.78, 5) is 4.98. The van der Waals surface area contributed by atoms with Crippen molar-refractivity contribution in [1.82, 2.24) is 5.48 Å². The predicted molar refractivity (Wildman–Crippen MR) is 64.2 cm³/mol. The average molecular weight is 356 g/mol. The molecule has 2 aliphatic heterocycles. The second kappa shape index (κ2) is 4.66. The smallest absolute Gasteiger partial charge is 0.366 e. The van der Waals surface area contributed by atoms with E-state index in [1.165, 1.54) is 18.2 Å². The fourth-order valence-electron chi connectivity index (χ4n) is 2.79. The molecule has 0 aromatic heterocycles. The molecule has 3 nitrogen and oxygen atoms in total. The number of fused-ring (bicyclic) bond motifs is 1. The predicted octanol–water partition coefficient (Wildman–Crippen LogP) is 2.90. The minimum atomic E-state index is -4.51. The number of alkyl halides is 3. The third-order valence-corrected chi connectivity index (χ3v) is 4.23. The number of halogens is 5. The third kappa shape index (κ3) is 2.05. The van der Waals surface area contributed by atoms with Crippen LogP contribution in [-0.4, -0.2) is 25.5 Å². The SMILES string of the molecule is Fc1ccc(Br)cc1[C@@]12CO[C@@H](C(F)(F)F)[C@@H]1CON2. The number of hydrogen-bond donors (Lipinski definition) is 1. The molecule has 3 rings (SSSR count). The molecule has 0 unspecified atom stereocenters. The first-order chi connectivity index (χ1) is 9.34. The fourth-order valence-corrected chi connectivity index (χ4v) is 3.15. The molecule has 0 saturated carbocycles. The molecule has 8 heteroatoms. The van der Waals surface area contributed by atoms with Gasteiger partial charge in [0.1, 0.15) is 11.4 Å². The number of benzene rings is 1. The molecule has 2 saturated heterocycles. The molecular weight excluding hydrogens is 346 g/mol. The van der Waals surface area contributed by atoms with E-state index in [0.29, 0.717) is 4.47 Å². The Balaban J connectivity index is 2.05. The van der Waals surface area contributed by atoms with E-state index in [9.17, 15) is 17.6 Å². The molecule has 2 heterocycles. The minimum Gasteiger partial charge on any atom is -0.366 e. The Morgan fingerprint density at radius 1 is 1.35 bits per heavy atom. The zero-order valence-electron chi connectivity index (χ0n) is 10.0. The maximum Gasteiger partial charge on any atom is 0.415 e. The normalized spacial score (nSPS) is 33.5. The van der Waals surface area contributed by atoms with Gasteiger partial charge in [-0.3, -0.25) is 0 Å². The summed E-state index contributed by atoms with van der Waals surface area (Å²) in [6.45, 7) is -0.481. The van der Waals surface area contributed by atoms with E-state index in [4.69, 9.17) is 9.57 Å². The summed E-state index contributed by atoms with van der Waals surface area (Å²) < 4.78 is 58.3. The van der Waals surface area contributed by atoms with Crippen LogP contribution in [0.5, 0.6) is 0 Å². The lowest BCUT2D eigenvalue weighted by molar-refractivity contribution is -0.219. The second-order valence-corrected chi connectivity index (χ2v) is 5.80.